The van der Waals surface area contributed by atoms with Crippen LogP contribution in [0.5, 0.6) is 11.5 Å². The van der Waals surface area contributed by atoms with Crippen LogP contribution >= 0.6 is 0 Å². The van der Waals surface area contributed by atoms with Crippen molar-refractivity contribution in [2.45, 2.75) is 31.4 Å². The van der Waals surface area contributed by atoms with Crippen LogP contribution in [-0.2, 0) is 5.41 Å². The predicted octanol–water partition coefficient (Wildman–Crippen LogP) is 4.00. The molecule has 0 radical (unpaired) electrons. The lowest BCUT2D eigenvalue weighted by Crippen LogP contribution is -2.20. The van der Waals surface area contributed by atoms with Gasteiger partial charge in [0.1, 0.15) is 50.1 Å². The van der Waals surface area contributed by atoms with Gasteiger partial charge in [0.15, 0.2) is 0 Å². The van der Waals surface area contributed by atoms with Crippen LogP contribution in [0.15, 0.2) is 58.9 Å². The average Bonchev–Trinajstić information content (AvgIpc) is 2.75. The molecule has 2 atom stereocenters. The minimum absolute atomic E-state index is 0.00343. The lowest BCUT2D eigenvalue weighted by molar-refractivity contribution is 0.0842. The van der Waals surface area contributed by atoms with E-state index >= 15 is 0 Å². The highest BCUT2D eigenvalue weighted by Gasteiger charge is 2.23. The Balaban J connectivity index is 2.02. The van der Waals surface area contributed by atoms with E-state index in [1.54, 1.807) is 24.3 Å². The number of aliphatic hydroxyl groups is 1. The minimum Gasteiger partial charge on any atom is -0.491 e. The van der Waals surface area contributed by atoms with Crippen molar-refractivity contribution < 1.29 is 19.0 Å². The smallest absolute Gasteiger partial charge is 0.149 e. The van der Waals surface area contributed by atoms with Crippen molar-refractivity contribution >= 4 is 0 Å². The first-order chi connectivity index (χ1) is 13.9. The molecule has 0 aliphatic carbocycles. The Hall–Kier alpha value is -2.87. The summed E-state index contributed by atoms with van der Waals surface area (Å²) in [6, 6.07) is 14.1. The molecule has 7 nitrogen and oxygen atoms in total. The summed E-state index contributed by atoms with van der Waals surface area (Å²) < 4.78 is 23.1. The molecular weight excluding hydrogens is 379 g/mol. The molecule has 2 aromatic rings. The van der Waals surface area contributed by atoms with Crippen molar-refractivity contribution in [2.24, 2.45) is 10.4 Å². The third-order valence-electron chi connectivity index (χ3n) is 4.65. The number of halogens is 1. The van der Waals surface area contributed by atoms with Gasteiger partial charge in [0, 0.05) is 5.41 Å². The number of hydrogen-bond acceptors (Lipinski definition) is 7. The van der Waals surface area contributed by atoms with Crippen LogP contribution in [0.3, 0.4) is 0 Å². The average molecular weight is 404 g/mol. The third kappa shape index (κ3) is 6.32. The molecule has 0 aliphatic heterocycles. The van der Waals surface area contributed by atoms with Crippen molar-refractivity contribution in [1.29, 1.82) is 0 Å². The minimum atomic E-state index is -1.13. The second kappa shape index (κ2) is 10.6. The molecule has 8 heteroatoms. The van der Waals surface area contributed by atoms with Crippen LogP contribution < -0.4 is 9.47 Å². The molecule has 29 heavy (non-hydrogen) atoms. The van der Waals surface area contributed by atoms with E-state index in [1.165, 1.54) is 0 Å². The normalized spacial score (nSPS) is 13.4. The lowest BCUT2D eigenvalue weighted by Gasteiger charge is -2.26. The number of aliphatic hydroxyl groups excluding tert-OH is 1. The van der Waals surface area contributed by atoms with Gasteiger partial charge in [0.05, 0.1) is 0 Å². The molecule has 0 aliphatic rings. The molecule has 2 aromatic carbocycles. The van der Waals surface area contributed by atoms with Crippen molar-refractivity contribution in [3.05, 3.63) is 69.5 Å². The van der Waals surface area contributed by atoms with E-state index in [9.17, 15) is 19.3 Å². The quantitative estimate of drug-likeness (QED) is 0.539. The monoisotopic (exact) mass is 404 g/mol. The molecule has 0 fully saturated rings. The standard InChI is InChI=1S/C21H25FN2O5/c1-21(2,16-5-9-20(10-6-16)29-14-18(25)11-22)15-3-7-19(8-4-15)28-13-17(24-27)12-23-26/h3-10,17-18,25H,11-14H2,1-2H3. The predicted molar refractivity (Wildman–Crippen MR) is 108 cm³/mol. The topological polar surface area (TPSA) is 97.6 Å². The maximum Gasteiger partial charge on any atom is 0.149 e. The maximum atomic E-state index is 12.3. The lowest BCUT2D eigenvalue weighted by atomic mass is 9.78. The number of benzene rings is 2. The summed E-state index contributed by atoms with van der Waals surface area (Å²) in [4.78, 5) is 20.8. The molecule has 2 rings (SSSR count). The SMILES string of the molecule is CC(C)(c1ccc(OCC(O)CF)cc1)c1ccc(OCC(CN=O)N=O)cc1. The van der Waals surface area contributed by atoms with Crippen LogP contribution in [0.25, 0.3) is 0 Å². The largest absolute Gasteiger partial charge is 0.491 e. The van der Waals surface area contributed by atoms with Crippen molar-refractivity contribution in [2.75, 3.05) is 26.4 Å². The molecule has 0 bridgehead atoms. The van der Waals surface area contributed by atoms with Crippen molar-refractivity contribution in [3.63, 3.8) is 0 Å². The highest BCUT2D eigenvalue weighted by Crippen LogP contribution is 2.33. The van der Waals surface area contributed by atoms with Gasteiger partial charge in [0.2, 0.25) is 0 Å². The molecule has 0 amide bonds. The Bertz CT molecular complexity index is 781. The van der Waals surface area contributed by atoms with Gasteiger partial charge >= 0.3 is 0 Å². The summed E-state index contributed by atoms with van der Waals surface area (Å²) in [6.45, 7) is 3.01. The summed E-state index contributed by atoms with van der Waals surface area (Å²) in [6.07, 6.45) is -1.13. The zero-order valence-corrected chi connectivity index (χ0v) is 16.5. The van der Waals surface area contributed by atoms with Crippen LogP contribution in [0.2, 0.25) is 0 Å². The van der Waals surface area contributed by atoms with Gasteiger partial charge in [0.25, 0.3) is 0 Å². The fraction of sp³-hybridized carbons (Fsp3) is 0.429. The number of rotatable bonds is 12. The Morgan fingerprint density at radius 3 is 1.83 bits per heavy atom. The Morgan fingerprint density at radius 1 is 0.931 bits per heavy atom. The van der Waals surface area contributed by atoms with Crippen LogP contribution in [0.1, 0.15) is 25.0 Å². The van der Waals surface area contributed by atoms with Crippen LogP contribution in [-0.4, -0.2) is 43.7 Å². The molecule has 0 heterocycles. The van der Waals surface area contributed by atoms with E-state index in [0.717, 1.165) is 11.1 Å². The zero-order chi connectivity index (χ0) is 21.3. The third-order valence-corrected chi connectivity index (χ3v) is 4.65. The number of nitroso groups, excluding NO2 is 2. The van der Waals surface area contributed by atoms with Crippen molar-refractivity contribution in [1.82, 2.24) is 0 Å². The zero-order valence-electron chi connectivity index (χ0n) is 16.5. The van der Waals surface area contributed by atoms with E-state index in [2.05, 4.69) is 24.2 Å². The van der Waals surface area contributed by atoms with Gasteiger partial charge < -0.3 is 14.6 Å². The van der Waals surface area contributed by atoms with Gasteiger partial charge in [-0.2, -0.15) is 9.81 Å². The van der Waals surface area contributed by atoms with Gasteiger partial charge in [-0.25, -0.2) is 4.39 Å². The molecule has 0 saturated heterocycles. The van der Waals surface area contributed by atoms with E-state index < -0.39 is 18.8 Å². The first-order valence-corrected chi connectivity index (χ1v) is 9.23. The second-order valence-corrected chi connectivity index (χ2v) is 7.17. The molecule has 156 valence electrons. The van der Waals surface area contributed by atoms with E-state index in [1.807, 2.05) is 24.3 Å². The molecule has 2 unspecified atom stereocenters. The number of alkyl halides is 1. The highest BCUT2D eigenvalue weighted by atomic mass is 19.1. The van der Waals surface area contributed by atoms with Crippen LogP contribution in [0, 0.1) is 9.81 Å². The number of nitrogens with zero attached hydrogens (tertiary/aromatic N) is 2. The first kappa shape index (κ1) is 22.4. The molecule has 0 aromatic heterocycles. The second-order valence-electron chi connectivity index (χ2n) is 7.17. The van der Waals surface area contributed by atoms with Gasteiger partial charge in [-0.05, 0) is 35.4 Å². The van der Waals surface area contributed by atoms with E-state index in [-0.39, 0.29) is 25.2 Å². The summed E-state index contributed by atoms with van der Waals surface area (Å²) in [7, 11) is 0. The van der Waals surface area contributed by atoms with E-state index in [0.29, 0.717) is 11.5 Å². The van der Waals surface area contributed by atoms with Gasteiger partial charge in [-0.15, -0.1) is 0 Å². The first-order valence-electron chi connectivity index (χ1n) is 9.23. The fourth-order valence-electron chi connectivity index (χ4n) is 2.73. The van der Waals surface area contributed by atoms with Gasteiger partial charge in [-0.1, -0.05) is 48.5 Å². The fourth-order valence-corrected chi connectivity index (χ4v) is 2.73. The number of hydrogen-bond donors (Lipinski definition) is 1. The summed E-state index contributed by atoms with van der Waals surface area (Å²) in [5.74, 6) is 1.13. The summed E-state index contributed by atoms with van der Waals surface area (Å²) >= 11 is 0. The summed E-state index contributed by atoms with van der Waals surface area (Å²) in [5.41, 5.74) is 1.79. The molecule has 1 N–H and O–H groups in total. The Labute approximate surface area is 168 Å². The summed E-state index contributed by atoms with van der Waals surface area (Å²) in [5, 5.41) is 14.7. The van der Waals surface area contributed by atoms with Crippen molar-refractivity contribution in [3.8, 4) is 11.5 Å². The molecule has 0 spiro atoms. The maximum absolute atomic E-state index is 12.3. The Morgan fingerprint density at radius 2 is 1.41 bits per heavy atom. The van der Waals surface area contributed by atoms with E-state index in [4.69, 9.17) is 9.47 Å². The number of ether oxygens (including phenoxy) is 2. The van der Waals surface area contributed by atoms with Gasteiger partial charge in [-0.3, -0.25) is 0 Å². The molecular formula is C21H25FN2O5. The highest BCUT2D eigenvalue weighted by molar-refractivity contribution is 5.41. The van der Waals surface area contributed by atoms with Crippen LogP contribution in [0.4, 0.5) is 4.39 Å². The molecule has 0 saturated carbocycles. The Kier molecular flexibility index (Phi) is 8.21.